The average Bonchev–Trinajstić information content (AvgIpc) is 3.18. The second-order valence-corrected chi connectivity index (χ2v) is 8.00. The van der Waals surface area contributed by atoms with Crippen LogP contribution in [-0.2, 0) is 22.7 Å². The summed E-state index contributed by atoms with van der Waals surface area (Å²) in [6.45, 7) is 0.150. The minimum absolute atomic E-state index is 0.0749. The van der Waals surface area contributed by atoms with E-state index in [9.17, 15) is 14.4 Å². The SMILES string of the molecule is O=C(OCc1ccccc1)Oc1ccc2c(c1)C(=O)c1cc(OC(=O)OCc3ccccc3)ccc1-2. The number of carbonyl (C=O) groups excluding carboxylic acids is 3. The van der Waals surface area contributed by atoms with Gasteiger partial charge in [0.15, 0.2) is 5.78 Å². The molecule has 0 spiro atoms. The van der Waals surface area contributed by atoms with Crippen molar-refractivity contribution in [1.82, 2.24) is 0 Å². The normalized spacial score (nSPS) is 11.3. The first-order valence-electron chi connectivity index (χ1n) is 11.2. The molecule has 0 radical (unpaired) electrons. The Balaban J connectivity index is 1.22. The highest BCUT2D eigenvalue weighted by atomic mass is 16.7. The van der Waals surface area contributed by atoms with E-state index in [1.165, 1.54) is 12.1 Å². The number of ketones is 1. The lowest BCUT2D eigenvalue weighted by Crippen LogP contribution is -2.11. The highest BCUT2D eigenvalue weighted by molar-refractivity contribution is 6.22. The van der Waals surface area contributed by atoms with Crippen LogP contribution in [0.1, 0.15) is 27.0 Å². The van der Waals surface area contributed by atoms with Gasteiger partial charge in [0.25, 0.3) is 0 Å². The van der Waals surface area contributed by atoms with E-state index in [-0.39, 0.29) is 30.5 Å². The van der Waals surface area contributed by atoms with Crippen LogP contribution in [-0.4, -0.2) is 18.1 Å². The maximum absolute atomic E-state index is 13.0. The topological polar surface area (TPSA) is 88.1 Å². The summed E-state index contributed by atoms with van der Waals surface area (Å²) in [5.74, 6) is 0.106. The van der Waals surface area contributed by atoms with Gasteiger partial charge in [-0.2, -0.15) is 0 Å². The molecule has 0 unspecified atom stereocenters. The minimum atomic E-state index is -0.869. The largest absolute Gasteiger partial charge is 0.514 e. The molecule has 0 saturated heterocycles. The van der Waals surface area contributed by atoms with Gasteiger partial charge in [-0.1, -0.05) is 60.7 Å². The molecule has 5 rings (SSSR count). The molecule has 0 bridgehead atoms. The predicted molar refractivity (Wildman–Crippen MR) is 130 cm³/mol. The summed E-state index contributed by atoms with van der Waals surface area (Å²) in [5.41, 5.74) is 3.80. The summed E-state index contributed by atoms with van der Waals surface area (Å²) in [4.78, 5) is 37.2. The van der Waals surface area contributed by atoms with E-state index in [1.807, 2.05) is 60.7 Å². The molecule has 4 aromatic rings. The number of carbonyl (C=O) groups is 3. The lowest BCUT2D eigenvalue weighted by molar-refractivity contribution is 0.0918. The lowest BCUT2D eigenvalue weighted by Gasteiger charge is -2.08. The molecule has 0 N–H and O–H groups in total. The zero-order valence-electron chi connectivity index (χ0n) is 19.0. The highest BCUT2D eigenvalue weighted by Crippen LogP contribution is 2.40. The lowest BCUT2D eigenvalue weighted by atomic mass is 10.1. The second kappa shape index (κ2) is 10.1. The van der Waals surface area contributed by atoms with Gasteiger partial charge < -0.3 is 18.9 Å². The monoisotopic (exact) mass is 480 g/mol. The van der Waals surface area contributed by atoms with Crippen molar-refractivity contribution in [2.24, 2.45) is 0 Å². The van der Waals surface area contributed by atoms with Crippen LogP contribution >= 0.6 is 0 Å². The fourth-order valence-corrected chi connectivity index (χ4v) is 3.85. The van der Waals surface area contributed by atoms with Gasteiger partial charge in [-0.15, -0.1) is 0 Å². The molecule has 0 atom stereocenters. The molecule has 0 saturated carbocycles. The maximum Gasteiger partial charge on any atom is 0.514 e. The van der Waals surface area contributed by atoms with Gasteiger partial charge >= 0.3 is 12.3 Å². The summed E-state index contributed by atoms with van der Waals surface area (Å²) < 4.78 is 20.8. The quantitative estimate of drug-likeness (QED) is 0.207. The van der Waals surface area contributed by atoms with Crippen LogP contribution < -0.4 is 9.47 Å². The Morgan fingerprint density at radius 2 is 0.944 bits per heavy atom. The summed E-state index contributed by atoms with van der Waals surface area (Å²) >= 11 is 0. The van der Waals surface area contributed by atoms with Gasteiger partial charge in [0.2, 0.25) is 0 Å². The summed E-state index contributed by atoms with van der Waals surface area (Å²) in [7, 11) is 0. The van der Waals surface area contributed by atoms with E-state index >= 15 is 0 Å². The molecular formula is C29H20O7. The van der Waals surface area contributed by atoms with E-state index < -0.39 is 12.3 Å². The van der Waals surface area contributed by atoms with Crippen molar-refractivity contribution in [2.75, 3.05) is 0 Å². The van der Waals surface area contributed by atoms with Crippen LogP contribution in [0.25, 0.3) is 11.1 Å². The zero-order chi connectivity index (χ0) is 24.9. The van der Waals surface area contributed by atoms with E-state index in [4.69, 9.17) is 18.9 Å². The van der Waals surface area contributed by atoms with Crippen molar-refractivity contribution < 1.29 is 33.3 Å². The smallest absolute Gasteiger partial charge is 0.429 e. The Morgan fingerprint density at radius 3 is 1.36 bits per heavy atom. The molecular weight excluding hydrogens is 460 g/mol. The average molecular weight is 480 g/mol. The molecule has 0 heterocycles. The van der Waals surface area contributed by atoms with E-state index in [2.05, 4.69) is 0 Å². The van der Waals surface area contributed by atoms with Gasteiger partial charge in [-0.3, -0.25) is 4.79 Å². The highest BCUT2D eigenvalue weighted by Gasteiger charge is 2.28. The summed E-state index contributed by atoms with van der Waals surface area (Å²) in [6.07, 6.45) is -1.74. The third-order valence-corrected chi connectivity index (χ3v) is 5.56. The molecule has 178 valence electrons. The fourth-order valence-electron chi connectivity index (χ4n) is 3.85. The standard InChI is InChI=1S/C29H20O7/c30-27-25-15-21(35-28(31)33-17-19-7-3-1-4-8-19)11-13-23(25)24-14-12-22(16-26(24)27)36-29(32)34-18-20-9-5-2-6-10-20/h1-16H,17-18H2. The van der Waals surface area contributed by atoms with Gasteiger partial charge in [0.05, 0.1) is 0 Å². The molecule has 0 aliphatic heterocycles. The number of fused-ring (bicyclic) bond motifs is 3. The number of rotatable bonds is 6. The first-order chi connectivity index (χ1) is 17.6. The third kappa shape index (κ3) is 5.10. The Labute approximate surface area is 206 Å². The first kappa shape index (κ1) is 22.9. The number of hydrogen-bond acceptors (Lipinski definition) is 7. The molecule has 36 heavy (non-hydrogen) atoms. The Hall–Kier alpha value is -4.91. The van der Waals surface area contributed by atoms with Crippen LogP contribution in [0.3, 0.4) is 0 Å². The van der Waals surface area contributed by atoms with Crippen LogP contribution in [0.15, 0.2) is 97.1 Å². The van der Waals surface area contributed by atoms with Gasteiger partial charge in [0.1, 0.15) is 24.7 Å². The van der Waals surface area contributed by atoms with Crippen molar-refractivity contribution in [1.29, 1.82) is 0 Å². The van der Waals surface area contributed by atoms with Crippen molar-refractivity contribution in [3.8, 4) is 22.6 Å². The minimum Gasteiger partial charge on any atom is -0.429 e. The molecule has 1 aliphatic carbocycles. The Morgan fingerprint density at radius 1 is 0.528 bits per heavy atom. The third-order valence-electron chi connectivity index (χ3n) is 5.56. The van der Waals surface area contributed by atoms with E-state index in [0.29, 0.717) is 22.3 Å². The molecule has 4 aromatic carbocycles. The fraction of sp³-hybridized carbons (Fsp3) is 0.0690. The van der Waals surface area contributed by atoms with Crippen molar-refractivity contribution in [2.45, 2.75) is 13.2 Å². The molecule has 7 nitrogen and oxygen atoms in total. The van der Waals surface area contributed by atoms with E-state index in [1.54, 1.807) is 24.3 Å². The van der Waals surface area contributed by atoms with Crippen LogP contribution in [0.5, 0.6) is 11.5 Å². The summed E-state index contributed by atoms with van der Waals surface area (Å²) in [5, 5.41) is 0. The second-order valence-electron chi connectivity index (χ2n) is 8.00. The maximum atomic E-state index is 13.0. The Bertz CT molecular complexity index is 1320. The molecule has 1 aliphatic rings. The molecule has 0 fully saturated rings. The van der Waals surface area contributed by atoms with Gasteiger partial charge in [-0.25, -0.2) is 9.59 Å². The van der Waals surface area contributed by atoms with Crippen LogP contribution in [0.2, 0.25) is 0 Å². The molecule has 7 heteroatoms. The van der Waals surface area contributed by atoms with Crippen LogP contribution in [0.4, 0.5) is 9.59 Å². The molecule has 0 amide bonds. The predicted octanol–water partition coefficient (Wildman–Crippen LogP) is 6.33. The molecule has 0 aromatic heterocycles. The van der Waals surface area contributed by atoms with Crippen molar-refractivity contribution >= 4 is 18.1 Å². The van der Waals surface area contributed by atoms with Crippen molar-refractivity contribution in [3.05, 3.63) is 119 Å². The van der Waals surface area contributed by atoms with E-state index in [0.717, 1.165) is 11.1 Å². The van der Waals surface area contributed by atoms with Gasteiger partial charge in [-0.05, 0) is 58.7 Å². The Kier molecular flexibility index (Phi) is 6.44. The number of hydrogen-bond donors (Lipinski definition) is 0. The number of benzene rings is 4. The summed E-state index contributed by atoms with van der Waals surface area (Å²) in [6, 6.07) is 28.0. The first-order valence-corrected chi connectivity index (χ1v) is 11.2. The van der Waals surface area contributed by atoms with Gasteiger partial charge in [0, 0.05) is 11.1 Å². The van der Waals surface area contributed by atoms with Crippen molar-refractivity contribution in [3.63, 3.8) is 0 Å². The van der Waals surface area contributed by atoms with Crippen LogP contribution in [0, 0.1) is 0 Å². The number of ether oxygens (including phenoxy) is 4. The zero-order valence-corrected chi connectivity index (χ0v) is 19.0.